The summed E-state index contributed by atoms with van der Waals surface area (Å²) >= 11 is 0. The predicted molar refractivity (Wildman–Crippen MR) is 101 cm³/mol. The van der Waals surface area contributed by atoms with Crippen LogP contribution in [0.1, 0.15) is 66.4 Å². The van der Waals surface area contributed by atoms with Gasteiger partial charge in [-0.1, -0.05) is 31.7 Å². The van der Waals surface area contributed by atoms with Crippen LogP contribution in [0.25, 0.3) is 0 Å². The van der Waals surface area contributed by atoms with Gasteiger partial charge in [0, 0.05) is 39.1 Å². The Labute approximate surface area is 160 Å². The van der Waals surface area contributed by atoms with Crippen LogP contribution in [-0.2, 0) is 4.79 Å². The smallest absolute Gasteiger partial charge is 0.272 e. The highest BCUT2D eigenvalue weighted by atomic mass is 16.2. The third-order valence-corrected chi connectivity index (χ3v) is 5.40. The molecule has 3 rings (SSSR count). The number of aromatic nitrogens is 1. The van der Waals surface area contributed by atoms with Crippen molar-refractivity contribution in [2.75, 3.05) is 26.2 Å². The van der Waals surface area contributed by atoms with Gasteiger partial charge in [-0.25, -0.2) is 4.98 Å². The monoisotopic (exact) mass is 372 g/mol. The molecule has 146 valence electrons. The molecule has 2 fully saturated rings. The molecule has 1 saturated carbocycles. The Kier molecular flexibility index (Phi) is 6.42. The van der Waals surface area contributed by atoms with E-state index in [2.05, 4.69) is 10.3 Å². The number of rotatable bonds is 3. The second-order valence-corrected chi connectivity index (χ2v) is 7.37. The summed E-state index contributed by atoms with van der Waals surface area (Å²) in [7, 11) is 0. The summed E-state index contributed by atoms with van der Waals surface area (Å²) in [6.07, 6.45) is 6.75. The van der Waals surface area contributed by atoms with Crippen molar-refractivity contribution >= 4 is 17.7 Å². The largest absolute Gasteiger partial charge is 0.348 e. The van der Waals surface area contributed by atoms with Crippen LogP contribution in [0, 0.1) is 0 Å². The molecule has 1 saturated heterocycles. The SMILES string of the molecule is CC(=O)N1CCN(C(=O)c2cccc(C(=O)NC3CCCCCC3)n2)CC1. The highest BCUT2D eigenvalue weighted by Crippen LogP contribution is 2.17. The first-order valence-electron chi connectivity index (χ1n) is 9.87. The number of nitrogens with one attached hydrogen (secondary N) is 1. The molecule has 0 atom stereocenters. The summed E-state index contributed by atoms with van der Waals surface area (Å²) in [5.74, 6) is -0.377. The lowest BCUT2D eigenvalue weighted by Gasteiger charge is -2.34. The molecular formula is C20H28N4O3. The van der Waals surface area contributed by atoms with Crippen molar-refractivity contribution in [1.29, 1.82) is 0 Å². The molecule has 2 heterocycles. The number of piperazine rings is 1. The van der Waals surface area contributed by atoms with Crippen molar-refractivity contribution in [3.63, 3.8) is 0 Å². The van der Waals surface area contributed by atoms with Gasteiger partial charge < -0.3 is 15.1 Å². The topological polar surface area (TPSA) is 82.6 Å². The van der Waals surface area contributed by atoms with E-state index in [1.165, 1.54) is 19.8 Å². The summed E-state index contributed by atoms with van der Waals surface area (Å²) in [6, 6.07) is 5.19. The maximum Gasteiger partial charge on any atom is 0.272 e. The van der Waals surface area contributed by atoms with Crippen molar-refractivity contribution in [3.05, 3.63) is 29.6 Å². The highest BCUT2D eigenvalue weighted by Gasteiger charge is 2.25. The molecule has 0 aromatic carbocycles. The molecule has 27 heavy (non-hydrogen) atoms. The lowest BCUT2D eigenvalue weighted by atomic mass is 10.1. The number of nitrogens with zero attached hydrogens (tertiary/aromatic N) is 3. The van der Waals surface area contributed by atoms with Crippen molar-refractivity contribution in [1.82, 2.24) is 20.1 Å². The van der Waals surface area contributed by atoms with Gasteiger partial charge in [-0.2, -0.15) is 0 Å². The standard InChI is InChI=1S/C20H28N4O3/c1-15(25)23-11-13-24(14-12-23)20(27)18-10-6-9-17(22-18)19(26)21-16-7-4-2-3-5-8-16/h6,9-10,16H,2-5,7-8,11-14H2,1H3,(H,21,26). The minimum atomic E-state index is -0.210. The molecule has 1 aliphatic heterocycles. The van der Waals surface area contributed by atoms with E-state index in [4.69, 9.17) is 0 Å². The maximum absolute atomic E-state index is 12.7. The summed E-state index contributed by atoms with van der Waals surface area (Å²) < 4.78 is 0. The van der Waals surface area contributed by atoms with Crippen molar-refractivity contribution in [2.45, 2.75) is 51.5 Å². The van der Waals surface area contributed by atoms with Crippen molar-refractivity contribution < 1.29 is 14.4 Å². The zero-order valence-electron chi connectivity index (χ0n) is 15.9. The van der Waals surface area contributed by atoms with Gasteiger partial charge in [0.25, 0.3) is 11.8 Å². The average Bonchev–Trinajstić information content (AvgIpc) is 2.96. The Morgan fingerprint density at radius 2 is 1.52 bits per heavy atom. The van der Waals surface area contributed by atoms with Crippen LogP contribution in [0.5, 0.6) is 0 Å². The van der Waals surface area contributed by atoms with Crippen molar-refractivity contribution in [2.24, 2.45) is 0 Å². The lowest BCUT2D eigenvalue weighted by Crippen LogP contribution is -2.50. The predicted octanol–water partition coefficient (Wildman–Crippen LogP) is 1.84. The van der Waals surface area contributed by atoms with E-state index in [9.17, 15) is 14.4 Å². The fourth-order valence-electron chi connectivity index (χ4n) is 3.75. The molecule has 1 N–H and O–H groups in total. The Hall–Kier alpha value is -2.44. The van der Waals surface area contributed by atoms with E-state index in [1.807, 2.05) is 0 Å². The Balaban J connectivity index is 1.61. The third kappa shape index (κ3) is 5.05. The first-order chi connectivity index (χ1) is 13.0. The summed E-state index contributed by atoms with van der Waals surface area (Å²) in [5.41, 5.74) is 0.562. The molecule has 1 aliphatic carbocycles. The van der Waals surface area contributed by atoms with E-state index in [-0.39, 0.29) is 35.2 Å². The van der Waals surface area contributed by atoms with E-state index < -0.39 is 0 Å². The molecule has 7 nitrogen and oxygen atoms in total. The summed E-state index contributed by atoms with van der Waals surface area (Å²) in [6.45, 7) is 3.57. The second kappa shape index (κ2) is 8.97. The summed E-state index contributed by atoms with van der Waals surface area (Å²) in [5, 5.41) is 3.07. The quantitative estimate of drug-likeness (QED) is 0.821. The van der Waals surface area contributed by atoms with Crippen LogP contribution in [-0.4, -0.2) is 64.7 Å². The van der Waals surface area contributed by atoms with Gasteiger partial charge in [0.2, 0.25) is 5.91 Å². The molecule has 2 aliphatic rings. The van der Waals surface area contributed by atoms with Gasteiger partial charge in [-0.3, -0.25) is 14.4 Å². The molecule has 0 spiro atoms. The molecule has 7 heteroatoms. The van der Waals surface area contributed by atoms with Gasteiger partial charge in [0.05, 0.1) is 0 Å². The number of hydrogen-bond donors (Lipinski definition) is 1. The second-order valence-electron chi connectivity index (χ2n) is 7.37. The highest BCUT2D eigenvalue weighted by molar-refractivity contribution is 5.96. The van der Waals surface area contributed by atoms with E-state index in [1.54, 1.807) is 28.0 Å². The van der Waals surface area contributed by atoms with Gasteiger partial charge in [0.1, 0.15) is 11.4 Å². The first kappa shape index (κ1) is 19.3. The normalized spacial score (nSPS) is 18.7. The number of pyridine rings is 1. The average molecular weight is 372 g/mol. The van der Waals surface area contributed by atoms with Crippen molar-refractivity contribution in [3.8, 4) is 0 Å². The molecule has 1 aromatic heterocycles. The Bertz CT molecular complexity index is 690. The first-order valence-corrected chi connectivity index (χ1v) is 9.87. The van der Waals surface area contributed by atoms with Crippen LogP contribution in [0.4, 0.5) is 0 Å². The van der Waals surface area contributed by atoms with Crippen LogP contribution in [0.2, 0.25) is 0 Å². The Morgan fingerprint density at radius 1 is 0.926 bits per heavy atom. The molecule has 1 aromatic rings. The molecular weight excluding hydrogens is 344 g/mol. The maximum atomic E-state index is 12.7. The molecule has 0 bridgehead atoms. The number of carbonyl (C=O) groups is 3. The van der Waals surface area contributed by atoms with Crippen LogP contribution in [0.15, 0.2) is 18.2 Å². The zero-order valence-corrected chi connectivity index (χ0v) is 15.9. The Morgan fingerprint density at radius 3 is 2.15 bits per heavy atom. The third-order valence-electron chi connectivity index (χ3n) is 5.40. The fourth-order valence-corrected chi connectivity index (χ4v) is 3.75. The summed E-state index contributed by atoms with van der Waals surface area (Å²) in [4.78, 5) is 44.4. The zero-order chi connectivity index (χ0) is 19.2. The van der Waals surface area contributed by atoms with Gasteiger partial charge in [0.15, 0.2) is 0 Å². The number of amides is 3. The van der Waals surface area contributed by atoms with Gasteiger partial charge in [-0.15, -0.1) is 0 Å². The van der Waals surface area contributed by atoms with Crippen LogP contribution >= 0.6 is 0 Å². The number of carbonyl (C=O) groups excluding carboxylic acids is 3. The van der Waals surface area contributed by atoms with E-state index >= 15 is 0 Å². The van der Waals surface area contributed by atoms with Crippen LogP contribution in [0.3, 0.4) is 0 Å². The minimum absolute atomic E-state index is 0.0254. The molecule has 3 amide bonds. The fraction of sp³-hybridized carbons (Fsp3) is 0.600. The van der Waals surface area contributed by atoms with E-state index in [0.717, 1.165) is 25.7 Å². The lowest BCUT2D eigenvalue weighted by molar-refractivity contribution is -0.130. The molecule has 0 unspecified atom stereocenters. The van der Waals surface area contributed by atoms with Gasteiger partial charge in [-0.05, 0) is 25.0 Å². The van der Waals surface area contributed by atoms with E-state index in [0.29, 0.717) is 26.2 Å². The minimum Gasteiger partial charge on any atom is -0.348 e. The van der Waals surface area contributed by atoms with Crippen LogP contribution < -0.4 is 5.32 Å². The number of hydrogen-bond acceptors (Lipinski definition) is 4. The molecule has 0 radical (unpaired) electrons. The van der Waals surface area contributed by atoms with Gasteiger partial charge >= 0.3 is 0 Å².